The summed E-state index contributed by atoms with van der Waals surface area (Å²) in [6.45, 7) is 4.07. The molecule has 0 spiro atoms. The van der Waals surface area contributed by atoms with Crippen LogP contribution in [0.3, 0.4) is 0 Å². The molecule has 0 unspecified atom stereocenters. The molecule has 0 aliphatic rings. The number of aromatic nitrogens is 1. The average molecular weight is 309 g/mol. The maximum atomic E-state index is 12.7. The van der Waals surface area contributed by atoms with E-state index in [2.05, 4.69) is 26.2 Å². The minimum atomic E-state index is -4.41. The van der Waals surface area contributed by atoms with Crippen molar-refractivity contribution in [3.05, 3.63) is 33.9 Å². The molecule has 0 saturated heterocycles. The summed E-state index contributed by atoms with van der Waals surface area (Å²) in [7, 11) is 0. The van der Waals surface area contributed by atoms with Crippen LogP contribution in [0.25, 0.3) is 0 Å². The first kappa shape index (κ1) is 14.0. The first-order valence-corrected chi connectivity index (χ1v) is 5.70. The van der Waals surface area contributed by atoms with Crippen molar-refractivity contribution in [2.24, 2.45) is 0 Å². The number of hydrogen-bond acceptors (Lipinski definition) is 2. The van der Waals surface area contributed by atoms with Crippen LogP contribution in [-0.2, 0) is 6.18 Å². The SMILES string of the molecule is CC(C)=CCNc1ncc(Br)cc1C(F)(F)F. The second-order valence-electron chi connectivity index (χ2n) is 3.71. The molecule has 0 aromatic carbocycles. The highest BCUT2D eigenvalue weighted by Crippen LogP contribution is 2.35. The molecule has 94 valence electrons. The Balaban J connectivity index is 2.95. The van der Waals surface area contributed by atoms with Gasteiger partial charge in [-0.1, -0.05) is 11.6 Å². The smallest absolute Gasteiger partial charge is 0.366 e. The van der Waals surface area contributed by atoms with Crippen molar-refractivity contribution in [3.8, 4) is 0 Å². The molecular formula is C11H12BrF3N2. The zero-order valence-electron chi connectivity index (χ0n) is 9.40. The molecule has 0 atom stereocenters. The molecule has 1 heterocycles. The molecule has 0 aliphatic heterocycles. The van der Waals surface area contributed by atoms with Crippen LogP contribution < -0.4 is 5.32 Å². The summed E-state index contributed by atoms with van der Waals surface area (Å²) in [6.07, 6.45) is -1.28. The summed E-state index contributed by atoms with van der Waals surface area (Å²) in [4.78, 5) is 3.73. The number of hydrogen-bond donors (Lipinski definition) is 1. The predicted octanol–water partition coefficient (Wildman–Crippen LogP) is 4.24. The lowest BCUT2D eigenvalue weighted by Gasteiger charge is -2.12. The van der Waals surface area contributed by atoms with E-state index in [1.165, 1.54) is 6.20 Å². The first-order chi connectivity index (χ1) is 7.80. The van der Waals surface area contributed by atoms with Crippen molar-refractivity contribution in [1.82, 2.24) is 4.98 Å². The molecule has 1 aromatic rings. The predicted molar refractivity (Wildman–Crippen MR) is 64.9 cm³/mol. The van der Waals surface area contributed by atoms with E-state index in [4.69, 9.17) is 0 Å². The van der Waals surface area contributed by atoms with E-state index in [1.807, 2.05) is 13.8 Å². The van der Waals surface area contributed by atoms with E-state index in [9.17, 15) is 13.2 Å². The summed E-state index contributed by atoms with van der Waals surface area (Å²) in [5.41, 5.74) is 0.261. The molecule has 0 bridgehead atoms. The van der Waals surface area contributed by atoms with Gasteiger partial charge in [-0.3, -0.25) is 0 Å². The number of halogens is 4. The standard InChI is InChI=1S/C11H12BrF3N2/c1-7(2)3-4-16-10-9(11(13,14)15)5-8(12)6-17-10/h3,5-6H,4H2,1-2H3,(H,16,17). The molecular weight excluding hydrogens is 297 g/mol. The summed E-state index contributed by atoms with van der Waals surface area (Å²) >= 11 is 2.98. The minimum Gasteiger partial charge on any atom is -0.366 e. The van der Waals surface area contributed by atoms with Crippen molar-refractivity contribution in [2.75, 3.05) is 11.9 Å². The molecule has 1 N–H and O–H groups in total. The van der Waals surface area contributed by atoms with Gasteiger partial charge in [0, 0.05) is 17.2 Å². The number of nitrogens with zero attached hydrogens (tertiary/aromatic N) is 1. The van der Waals surface area contributed by atoms with Crippen molar-refractivity contribution in [2.45, 2.75) is 20.0 Å². The van der Waals surface area contributed by atoms with E-state index >= 15 is 0 Å². The number of anilines is 1. The average Bonchev–Trinajstić information content (AvgIpc) is 2.18. The zero-order valence-corrected chi connectivity index (χ0v) is 11.0. The number of rotatable bonds is 3. The van der Waals surface area contributed by atoms with Crippen LogP contribution in [-0.4, -0.2) is 11.5 Å². The third-order valence-electron chi connectivity index (χ3n) is 1.94. The third-order valence-corrected chi connectivity index (χ3v) is 2.37. The monoisotopic (exact) mass is 308 g/mol. The van der Waals surface area contributed by atoms with Gasteiger partial charge in [-0.25, -0.2) is 4.98 Å². The van der Waals surface area contributed by atoms with Crippen LogP contribution in [0.15, 0.2) is 28.4 Å². The maximum absolute atomic E-state index is 12.7. The van der Waals surface area contributed by atoms with Crippen LogP contribution in [0.2, 0.25) is 0 Å². The minimum absolute atomic E-state index is 0.154. The van der Waals surface area contributed by atoms with Gasteiger partial charge in [-0.05, 0) is 35.8 Å². The third kappa shape index (κ3) is 4.38. The molecule has 0 saturated carbocycles. The number of allylic oxidation sites excluding steroid dienone is 1. The summed E-state index contributed by atoms with van der Waals surface area (Å²) < 4.78 is 38.4. The summed E-state index contributed by atoms with van der Waals surface area (Å²) in [6, 6.07) is 1.01. The molecule has 0 amide bonds. The molecule has 0 aliphatic carbocycles. The van der Waals surface area contributed by atoms with E-state index < -0.39 is 11.7 Å². The Morgan fingerprint density at radius 2 is 2.12 bits per heavy atom. The summed E-state index contributed by atoms with van der Waals surface area (Å²) in [5, 5.41) is 2.65. The quantitative estimate of drug-likeness (QED) is 0.845. The number of alkyl halides is 3. The Hall–Kier alpha value is -1.04. The van der Waals surface area contributed by atoms with Crippen LogP contribution in [0, 0.1) is 0 Å². The Kier molecular flexibility index (Phi) is 4.56. The largest absolute Gasteiger partial charge is 0.419 e. The Morgan fingerprint density at radius 3 is 2.65 bits per heavy atom. The molecule has 1 aromatic heterocycles. The van der Waals surface area contributed by atoms with E-state index in [-0.39, 0.29) is 5.82 Å². The van der Waals surface area contributed by atoms with Crippen LogP contribution in [0.5, 0.6) is 0 Å². The highest BCUT2D eigenvalue weighted by atomic mass is 79.9. The second kappa shape index (κ2) is 5.53. The van der Waals surface area contributed by atoms with Gasteiger partial charge in [0.2, 0.25) is 0 Å². The van der Waals surface area contributed by atoms with E-state index in [0.29, 0.717) is 11.0 Å². The van der Waals surface area contributed by atoms with Gasteiger partial charge in [0.15, 0.2) is 0 Å². The van der Waals surface area contributed by atoms with Gasteiger partial charge < -0.3 is 5.32 Å². The van der Waals surface area contributed by atoms with Gasteiger partial charge in [0.1, 0.15) is 5.82 Å². The van der Waals surface area contributed by atoms with Crippen molar-refractivity contribution >= 4 is 21.7 Å². The molecule has 1 rings (SSSR count). The fourth-order valence-corrected chi connectivity index (χ4v) is 1.48. The van der Waals surface area contributed by atoms with Crippen LogP contribution in [0.4, 0.5) is 19.0 Å². The van der Waals surface area contributed by atoms with Gasteiger partial charge in [0.25, 0.3) is 0 Å². The topological polar surface area (TPSA) is 24.9 Å². The number of nitrogens with one attached hydrogen (secondary N) is 1. The maximum Gasteiger partial charge on any atom is 0.419 e. The molecule has 0 fully saturated rings. The lowest BCUT2D eigenvalue weighted by Crippen LogP contribution is -2.12. The van der Waals surface area contributed by atoms with Gasteiger partial charge in [0.05, 0.1) is 5.56 Å². The Bertz CT molecular complexity index is 423. The highest BCUT2D eigenvalue weighted by molar-refractivity contribution is 9.10. The Labute approximate surface area is 106 Å². The van der Waals surface area contributed by atoms with Gasteiger partial charge in [-0.15, -0.1) is 0 Å². The number of pyridine rings is 1. The van der Waals surface area contributed by atoms with Crippen LogP contribution in [0.1, 0.15) is 19.4 Å². The molecule has 6 heteroatoms. The van der Waals surface area contributed by atoms with Gasteiger partial charge >= 0.3 is 6.18 Å². The second-order valence-corrected chi connectivity index (χ2v) is 4.63. The fraction of sp³-hybridized carbons (Fsp3) is 0.364. The van der Waals surface area contributed by atoms with Gasteiger partial charge in [-0.2, -0.15) is 13.2 Å². The zero-order chi connectivity index (χ0) is 13.1. The lowest BCUT2D eigenvalue weighted by atomic mass is 10.2. The normalized spacial score (nSPS) is 11.2. The molecule has 2 nitrogen and oxygen atoms in total. The fourth-order valence-electron chi connectivity index (χ4n) is 1.15. The van der Waals surface area contributed by atoms with E-state index in [1.54, 1.807) is 6.08 Å². The Morgan fingerprint density at radius 1 is 1.47 bits per heavy atom. The first-order valence-electron chi connectivity index (χ1n) is 4.90. The highest BCUT2D eigenvalue weighted by Gasteiger charge is 2.34. The van der Waals surface area contributed by atoms with Crippen LogP contribution >= 0.6 is 15.9 Å². The molecule has 0 radical (unpaired) electrons. The van der Waals surface area contributed by atoms with Crippen molar-refractivity contribution < 1.29 is 13.2 Å². The van der Waals surface area contributed by atoms with E-state index in [0.717, 1.165) is 11.6 Å². The van der Waals surface area contributed by atoms with Crippen molar-refractivity contribution in [3.63, 3.8) is 0 Å². The molecule has 17 heavy (non-hydrogen) atoms. The van der Waals surface area contributed by atoms with Crippen molar-refractivity contribution in [1.29, 1.82) is 0 Å². The summed E-state index contributed by atoms with van der Waals surface area (Å²) in [5.74, 6) is -0.154. The lowest BCUT2D eigenvalue weighted by molar-refractivity contribution is -0.137.